The Morgan fingerprint density at radius 2 is 1.77 bits per heavy atom. The van der Waals surface area contributed by atoms with Crippen molar-refractivity contribution in [3.63, 3.8) is 0 Å². The Labute approximate surface area is 187 Å². The van der Waals surface area contributed by atoms with Crippen molar-refractivity contribution in [2.24, 2.45) is 0 Å². The van der Waals surface area contributed by atoms with Gasteiger partial charge in [0.05, 0.1) is 12.2 Å². The second kappa shape index (κ2) is 9.06. The van der Waals surface area contributed by atoms with Gasteiger partial charge in [0.2, 0.25) is 0 Å². The molecule has 3 heteroatoms. The molecular weight excluding hydrogens is 384 g/mol. The number of benzene rings is 1. The van der Waals surface area contributed by atoms with Crippen LogP contribution in [0.5, 0.6) is 5.75 Å². The fourth-order valence-electron chi connectivity index (χ4n) is 4.78. The zero-order chi connectivity index (χ0) is 22.8. The summed E-state index contributed by atoms with van der Waals surface area (Å²) < 4.78 is 6.14. The monoisotopic (exact) mass is 422 g/mol. The molecule has 3 nitrogen and oxygen atoms in total. The van der Waals surface area contributed by atoms with Gasteiger partial charge in [0.1, 0.15) is 5.75 Å². The number of allylic oxidation sites excluding steroid dienone is 5. The summed E-state index contributed by atoms with van der Waals surface area (Å²) in [6.07, 6.45) is 12.7. The molecule has 0 fully saturated rings. The van der Waals surface area contributed by atoms with E-state index in [4.69, 9.17) is 4.74 Å². The van der Waals surface area contributed by atoms with Gasteiger partial charge in [-0.2, -0.15) is 0 Å². The van der Waals surface area contributed by atoms with Gasteiger partial charge in [-0.3, -0.25) is 0 Å². The van der Waals surface area contributed by atoms with Crippen LogP contribution in [0.25, 0.3) is 5.57 Å². The maximum Gasteiger partial charge on any atom is 0.336 e. The minimum atomic E-state index is -0.906. The first-order valence-electron chi connectivity index (χ1n) is 11.7. The van der Waals surface area contributed by atoms with Crippen molar-refractivity contribution in [3.8, 4) is 5.75 Å². The number of carbonyl (C=O) groups is 1. The molecule has 0 heterocycles. The van der Waals surface area contributed by atoms with Crippen molar-refractivity contribution in [3.05, 3.63) is 58.2 Å². The predicted molar refractivity (Wildman–Crippen MR) is 129 cm³/mol. The highest BCUT2D eigenvalue weighted by molar-refractivity contribution is 6.17. The molecule has 0 amide bonds. The van der Waals surface area contributed by atoms with Crippen LogP contribution < -0.4 is 4.74 Å². The van der Waals surface area contributed by atoms with Gasteiger partial charge in [-0.15, -0.1) is 0 Å². The van der Waals surface area contributed by atoms with Crippen LogP contribution in [-0.4, -0.2) is 17.7 Å². The standard InChI is InChI=1S/C28H38O3/c1-7-16-31-24-18-23-22(27(3,4)14-15-28(23,5)6)17-21(24)25(26(29)30)19(2)12-13-20-10-8-9-11-20/h10,12-13,17-18H,7-9,11,14-16H2,1-6H3,(H,29,30). The Hall–Kier alpha value is -2.29. The maximum atomic E-state index is 12.5. The van der Waals surface area contributed by atoms with E-state index in [0.29, 0.717) is 23.5 Å². The SMILES string of the molecule is CCCOc1cc2c(cc1C(C(=O)O)=C(C)C=CC1=CCCC1)C(C)(C)CCC2(C)C. The van der Waals surface area contributed by atoms with Crippen LogP contribution in [0, 0.1) is 0 Å². The summed E-state index contributed by atoms with van der Waals surface area (Å²) in [6.45, 7) is 13.6. The van der Waals surface area contributed by atoms with Gasteiger partial charge in [-0.1, -0.05) is 58.4 Å². The Balaban J connectivity index is 2.20. The quantitative estimate of drug-likeness (QED) is 0.369. The lowest BCUT2D eigenvalue weighted by molar-refractivity contribution is -0.130. The molecule has 0 aliphatic heterocycles. The molecule has 0 saturated heterocycles. The van der Waals surface area contributed by atoms with Crippen LogP contribution in [-0.2, 0) is 15.6 Å². The van der Waals surface area contributed by atoms with Gasteiger partial charge >= 0.3 is 5.97 Å². The van der Waals surface area contributed by atoms with Crippen LogP contribution in [0.2, 0.25) is 0 Å². The van der Waals surface area contributed by atoms with Crippen molar-refractivity contribution in [2.75, 3.05) is 6.61 Å². The van der Waals surface area contributed by atoms with Crippen molar-refractivity contribution in [2.45, 2.75) is 90.9 Å². The summed E-state index contributed by atoms with van der Waals surface area (Å²) in [5, 5.41) is 10.2. The molecule has 1 N–H and O–H groups in total. The zero-order valence-electron chi connectivity index (χ0n) is 20.1. The highest BCUT2D eigenvalue weighted by Gasteiger charge is 2.38. The molecule has 0 saturated carbocycles. The van der Waals surface area contributed by atoms with Crippen LogP contribution in [0.4, 0.5) is 0 Å². The number of carboxylic acids is 1. The number of ether oxygens (including phenoxy) is 1. The molecule has 0 atom stereocenters. The van der Waals surface area contributed by atoms with E-state index in [9.17, 15) is 9.90 Å². The zero-order valence-corrected chi connectivity index (χ0v) is 20.1. The van der Waals surface area contributed by atoms with E-state index in [2.05, 4.69) is 58.9 Å². The van der Waals surface area contributed by atoms with Gasteiger partial charge in [0.15, 0.2) is 0 Å². The summed E-state index contributed by atoms with van der Waals surface area (Å²) in [5.74, 6) is -0.215. The minimum absolute atomic E-state index is 0.00487. The lowest BCUT2D eigenvalue weighted by Crippen LogP contribution is -2.34. The third kappa shape index (κ3) is 4.97. The predicted octanol–water partition coefficient (Wildman–Crippen LogP) is 7.35. The fourth-order valence-corrected chi connectivity index (χ4v) is 4.78. The highest BCUT2D eigenvalue weighted by atomic mass is 16.5. The number of hydrogen-bond donors (Lipinski definition) is 1. The first kappa shape index (κ1) is 23.4. The summed E-state index contributed by atoms with van der Waals surface area (Å²) in [7, 11) is 0. The number of aliphatic carboxylic acids is 1. The van der Waals surface area contributed by atoms with Gasteiger partial charge in [-0.05, 0) is 85.1 Å². The van der Waals surface area contributed by atoms with Crippen LogP contribution >= 0.6 is 0 Å². The lowest BCUT2D eigenvalue weighted by atomic mass is 9.62. The average molecular weight is 423 g/mol. The largest absolute Gasteiger partial charge is 0.493 e. The van der Waals surface area contributed by atoms with E-state index in [-0.39, 0.29) is 10.8 Å². The van der Waals surface area contributed by atoms with E-state index in [1.54, 1.807) is 0 Å². The molecule has 0 radical (unpaired) electrons. The smallest absolute Gasteiger partial charge is 0.336 e. The van der Waals surface area contributed by atoms with E-state index in [1.165, 1.54) is 23.1 Å². The van der Waals surface area contributed by atoms with E-state index in [1.807, 2.05) is 13.0 Å². The highest BCUT2D eigenvalue weighted by Crippen LogP contribution is 2.48. The normalized spacial score (nSPS) is 20.3. The van der Waals surface area contributed by atoms with Crippen molar-refractivity contribution in [1.82, 2.24) is 0 Å². The summed E-state index contributed by atoms with van der Waals surface area (Å²) in [6, 6.07) is 4.23. The Morgan fingerprint density at radius 1 is 1.13 bits per heavy atom. The average Bonchev–Trinajstić information content (AvgIpc) is 3.22. The van der Waals surface area contributed by atoms with Gasteiger partial charge in [0.25, 0.3) is 0 Å². The first-order valence-corrected chi connectivity index (χ1v) is 11.7. The Morgan fingerprint density at radius 3 is 2.32 bits per heavy atom. The minimum Gasteiger partial charge on any atom is -0.493 e. The number of carboxylic acid groups (broad SMARTS) is 1. The van der Waals surface area contributed by atoms with Crippen LogP contribution in [0.1, 0.15) is 96.8 Å². The van der Waals surface area contributed by atoms with E-state index in [0.717, 1.165) is 37.7 Å². The first-order chi connectivity index (χ1) is 14.6. The summed E-state index contributed by atoms with van der Waals surface area (Å²) >= 11 is 0. The number of hydrogen-bond acceptors (Lipinski definition) is 2. The van der Waals surface area contributed by atoms with E-state index >= 15 is 0 Å². The molecule has 0 aromatic heterocycles. The summed E-state index contributed by atoms with van der Waals surface area (Å²) in [4.78, 5) is 12.5. The maximum absolute atomic E-state index is 12.5. The third-order valence-electron chi connectivity index (χ3n) is 6.92. The molecular formula is C28H38O3. The molecule has 31 heavy (non-hydrogen) atoms. The van der Waals surface area contributed by atoms with Gasteiger partial charge in [0, 0.05) is 5.56 Å². The molecule has 2 aliphatic rings. The van der Waals surface area contributed by atoms with Gasteiger partial charge < -0.3 is 9.84 Å². The fraction of sp³-hybridized carbons (Fsp3) is 0.536. The van der Waals surface area contributed by atoms with Crippen molar-refractivity contribution >= 4 is 11.5 Å². The number of rotatable bonds is 7. The molecule has 3 rings (SSSR count). The molecule has 168 valence electrons. The second-order valence-electron chi connectivity index (χ2n) is 10.4. The molecule has 2 aliphatic carbocycles. The van der Waals surface area contributed by atoms with Crippen molar-refractivity contribution < 1.29 is 14.6 Å². The lowest BCUT2D eigenvalue weighted by Gasteiger charge is -2.42. The third-order valence-corrected chi connectivity index (χ3v) is 6.92. The van der Waals surface area contributed by atoms with Gasteiger partial charge in [-0.25, -0.2) is 4.79 Å². The van der Waals surface area contributed by atoms with Crippen molar-refractivity contribution in [1.29, 1.82) is 0 Å². The number of fused-ring (bicyclic) bond motifs is 1. The molecule has 1 aromatic rings. The van der Waals surface area contributed by atoms with Crippen LogP contribution in [0.3, 0.4) is 0 Å². The molecule has 0 unspecified atom stereocenters. The van der Waals surface area contributed by atoms with E-state index < -0.39 is 5.97 Å². The second-order valence-corrected chi connectivity index (χ2v) is 10.4. The molecule has 0 spiro atoms. The topological polar surface area (TPSA) is 46.5 Å². The molecule has 1 aromatic carbocycles. The Kier molecular flexibility index (Phi) is 6.83. The van der Waals surface area contributed by atoms with Crippen LogP contribution in [0.15, 0.2) is 41.5 Å². The Bertz CT molecular complexity index is 941. The molecule has 0 bridgehead atoms. The summed E-state index contributed by atoms with van der Waals surface area (Å²) in [5.41, 5.74) is 5.67.